The molecular formula is C14H17BrN2O. The van der Waals surface area contributed by atoms with Crippen LogP contribution < -0.4 is 10.1 Å². The number of aromatic nitrogens is 1. The van der Waals surface area contributed by atoms with Crippen molar-refractivity contribution in [3.8, 4) is 5.75 Å². The van der Waals surface area contributed by atoms with Crippen molar-refractivity contribution in [2.24, 2.45) is 5.92 Å². The van der Waals surface area contributed by atoms with Gasteiger partial charge in [0.15, 0.2) is 5.75 Å². The number of halogens is 1. The lowest BCUT2D eigenvalue weighted by molar-refractivity contribution is 0.409. The smallest absolute Gasteiger partial charge is 0.152 e. The van der Waals surface area contributed by atoms with Crippen molar-refractivity contribution in [3.05, 3.63) is 28.5 Å². The van der Waals surface area contributed by atoms with Crippen LogP contribution in [0.15, 0.2) is 22.9 Å². The van der Waals surface area contributed by atoms with Gasteiger partial charge in [-0.3, -0.25) is 0 Å². The molecule has 1 saturated heterocycles. The first-order valence-corrected chi connectivity index (χ1v) is 7.19. The topological polar surface area (TPSA) is 34.1 Å². The van der Waals surface area contributed by atoms with Crippen molar-refractivity contribution >= 4 is 21.5 Å². The number of rotatable bonds is 2. The van der Waals surface area contributed by atoms with Gasteiger partial charge in [0.1, 0.15) is 4.60 Å². The number of ether oxygens (including phenoxy) is 1. The average molecular weight is 309 g/mol. The number of hydrogen-bond acceptors (Lipinski definition) is 3. The van der Waals surface area contributed by atoms with Crippen LogP contribution in [-0.4, -0.2) is 24.7 Å². The number of allylic oxidation sites excluding steroid dienone is 1. The standard InChI is InChI=1S/C14H17BrN2O/c1-18-13-7-11(8-17-14(13)15)10-3-2-9-4-5-16-12(9)6-10/h3,7-9,12,16H,2,4-6H2,1H3/t9-,12-/m0/s1. The third-order valence-corrected chi connectivity index (χ3v) is 4.59. The highest BCUT2D eigenvalue weighted by Crippen LogP contribution is 2.36. The second-order valence-corrected chi connectivity index (χ2v) is 5.75. The van der Waals surface area contributed by atoms with E-state index in [0.29, 0.717) is 6.04 Å². The minimum Gasteiger partial charge on any atom is -0.494 e. The first kappa shape index (κ1) is 12.2. The van der Waals surface area contributed by atoms with E-state index in [1.807, 2.05) is 6.20 Å². The highest BCUT2D eigenvalue weighted by atomic mass is 79.9. The zero-order valence-electron chi connectivity index (χ0n) is 10.4. The van der Waals surface area contributed by atoms with Gasteiger partial charge in [-0.15, -0.1) is 0 Å². The molecule has 3 nitrogen and oxygen atoms in total. The molecule has 0 bridgehead atoms. The number of hydrogen-bond donors (Lipinski definition) is 1. The lowest BCUT2D eigenvalue weighted by Crippen LogP contribution is -2.29. The zero-order valence-corrected chi connectivity index (χ0v) is 12.0. The van der Waals surface area contributed by atoms with Crippen LogP contribution in [-0.2, 0) is 0 Å². The zero-order chi connectivity index (χ0) is 12.5. The molecule has 1 aromatic heterocycles. The summed E-state index contributed by atoms with van der Waals surface area (Å²) in [7, 11) is 1.68. The second kappa shape index (κ2) is 5.02. The normalized spacial score (nSPS) is 26.7. The minimum absolute atomic E-state index is 0.652. The lowest BCUT2D eigenvalue weighted by Gasteiger charge is -2.25. The Labute approximate surface area is 116 Å². The summed E-state index contributed by atoms with van der Waals surface area (Å²) in [6.07, 6.45) is 7.91. The molecule has 96 valence electrons. The summed E-state index contributed by atoms with van der Waals surface area (Å²) < 4.78 is 6.08. The predicted molar refractivity (Wildman–Crippen MR) is 75.6 cm³/mol. The van der Waals surface area contributed by atoms with E-state index in [0.717, 1.165) is 22.7 Å². The number of nitrogens with one attached hydrogen (secondary N) is 1. The summed E-state index contributed by atoms with van der Waals surface area (Å²) in [6.45, 7) is 1.17. The fraction of sp³-hybridized carbons (Fsp3) is 0.500. The number of fused-ring (bicyclic) bond motifs is 1. The van der Waals surface area contributed by atoms with Gasteiger partial charge in [0, 0.05) is 12.2 Å². The maximum absolute atomic E-state index is 5.31. The number of pyridine rings is 1. The van der Waals surface area contributed by atoms with E-state index in [1.54, 1.807) is 7.11 Å². The van der Waals surface area contributed by atoms with Gasteiger partial charge in [-0.2, -0.15) is 0 Å². The molecule has 0 amide bonds. The summed E-state index contributed by atoms with van der Waals surface area (Å²) in [6, 6.07) is 2.72. The average Bonchev–Trinajstić information content (AvgIpc) is 2.86. The first-order valence-electron chi connectivity index (χ1n) is 6.40. The summed E-state index contributed by atoms with van der Waals surface area (Å²) in [5, 5.41) is 3.60. The van der Waals surface area contributed by atoms with Crippen LogP contribution >= 0.6 is 15.9 Å². The fourth-order valence-electron chi connectivity index (χ4n) is 2.94. The monoisotopic (exact) mass is 308 g/mol. The van der Waals surface area contributed by atoms with E-state index < -0.39 is 0 Å². The van der Waals surface area contributed by atoms with Crippen LogP contribution in [0.4, 0.5) is 0 Å². The third-order valence-electron chi connectivity index (χ3n) is 4.00. The summed E-state index contributed by atoms with van der Waals surface area (Å²) in [5.41, 5.74) is 2.58. The van der Waals surface area contributed by atoms with Crippen LogP contribution in [0, 0.1) is 5.92 Å². The molecule has 2 atom stereocenters. The van der Waals surface area contributed by atoms with Gasteiger partial charge in [0.05, 0.1) is 7.11 Å². The van der Waals surface area contributed by atoms with Crippen LogP contribution in [0.5, 0.6) is 5.75 Å². The molecule has 0 spiro atoms. The molecule has 4 heteroatoms. The number of nitrogens with zero attached hydrogens (tertiary/aromatic N) is 1. The van der Waals surface area contributed by atoms with Gasteiger partial charge in [-0.1, -0.05) is 6.08 Å². The molecule has 18 heavy (non-hydrogen) atoms. The Hall–Kier alpha value is -0.870. The van der Waals surface area contributed by atoms with Gasteiger partial charge < -0.3 is 10.1 Å². The van der Waals surface area contributed by atoms with Gasteiger partial charge in [-0.25, -0.2) is 4.98 Å². The minimum atomic E-state index is 0.652. The van der Waals surface area contributed by atoms with Crippen LogP contribution in [0.3, 0.4) is 0 Å². The maximum Gasteiger partial charge on any atom is 0.152 e. The number of methoxy groups -OCH3 is 1. The van der Waals surface area contributed by atoms with Crippen molar-refractivity contribution < 1.29 is 4.74 Å². The lowest BCUT2D eigenvalue weighted by atomic mass is 9.84. The molecule has 0 aromatic carbocycles. The van der Waals surface area contributed by atoms with Crippen LogP contribution in [0.2, 0.25) is 0 Å². The van der Waals surface area contributed by atoms with Crippen molar-refractivity contribution in [1.29, 1.82) is 0 Å². The molecule has 0 unspecified atom stereocenters. The Morgan fingerprint density at radius 2 is 2.39 bits per heavy atom. The molecule has 2 heterocycles. The summed E-state index contributed by atoms with van der Waals surface area (Å²) in [4.78, 5) is 4.34. The van der Waals surface area contributed by atoms with E-state index in [4.69, 9.17) is 4.74 Å². The molecule has 0 saturated carbocycles. The Morgan fingerprint density at radius 3 is 3.22 bits per heavy atom. The van der Waals surface area contributed by atoms with E-state index >= 15 is 0 Å². The summed E-state index contributed by atoms with van der Waals surface area (Å²) in [5.74, 6) is 1.63. The largest absolute Gasteiger partial charge is 0.494 e. The fourth-order valence-corrected chi connectivity index (χ4v) is 3.32. The quantitative estimate of drug-likeness (QED) is 0.853. The molecule has 2 aliphatic rings. The summed E-state index contributed by atoms with van der Waals surface area (Å²) >= 11 is 3.39. The second-order valence-electron chi connectivity index (χ2n) is 5.00. The van der Waals surface area contributed by atoms with Crippen molar-refractivity contribution in [2.75, 3.05) is 13.7 Å². The van der Waals surface area contributed by atoms with E-state index in [-0.39, 0.29) is 0 Å². The highest BCUT2D eigenvalue weighted by Gasteiger charge is 2.30. The molecule has 0 radical (unpaired) electrons. The van der Waals surface area contributed by atoms with Crippen LogP contribution in [0.25, 0.3) is 5.57 Å². The van der Waals surface area contributed by atoms with Crippen LogP contribution in [0.1, 0.15) is 24.8 Å². The third kappa shape index (κ3) is 2.19. The molecule has 1 N–H and O–H groups in total. The Bertz CT molecular complexity index is 487. The first-order chi connectivity index (χ1) is 8.78. The molecule has 1 aliphatic heterocycles. The van der Waals surface area contributed by atoms with Crippen molar-refractivity contribution in [2.45, 2.75) is 25.3 Å². The van der Waals surface area contributed by atoms with Gasteiger partial charge >= 0.3 is 0 Å². The molecule has 1 fully saturated rings. The SMILES string of the molecule is COc1cc(C2=CC[C@H]3CCN[C@H]3C2)cnc1Br. The molecule has 1 aliphatic carbocycles. The Morgan fingerprint density at radius 1 is 1.50 bits per heavy atom. The Balaban J connectivity index is 1.86. The molecular weight excluding hydrogens is 292 g/mol. The molecule has 1 aromatic rings. The predicted octanol–water partition coefficient (Wildman–Crippen LogP) is 3.01. The van der Waals surface area contributed by atoms with E-state index in [2.05, 4.69) is 38.4 Å². The van der Waals surface area contributed by atoms with Gasteiger partial charge in [-0.05, 0) is 64.9 Å². The maximum atomic E-state index is 5.31. The highest BCUT2D eigenvalue weighted by molar-refractivity contribution is 9.10. The van der Waals surface area contributed by atoms with E-state index in [9.17, 15) is 0 Å². The van der Waals surface area contributed by atoms with Crippen molar-refractivity contribution in [1.82, 2.24) is 10.3 Å². The van der Waals surface area contributed by atoms with Gasteiger partial charge in [0.2, 0.25) is 0 Å². The Kier molecular flexibility index (Phi) is 3.39. The van der Waals surface area contributed by atoms with Crippen molar-refractivity contribution in [3.63, 3.8) is 0 Å². The van der Waals surface area contributed by atoms with Gasteiger partial charge in [0.25, 0.3) is 0 Å². The van der Waals surface area contributed by atoms with E-state index in [1.165, 1.54) is 30.5 Å². The molecule has 3 rings (SSSR count).